The zero-order valence-corrected chi connectivity index (χ0v) is 12.5. The average molecular weight is 301 g/mol. The molecule has 0 radical (unpaired) electrons. The van der Waals surface area contributed by atoms with E-state index < -0.39 is 5.60 Å². The molecule has 1 amide bonds. The van der Waals surface area contributed by atoms with Gasteiger partial charge in [-0.2, -0.15) is 0 Å². The molecule has 0 saturated heterocycles. The number of thioether (sulfide) groups is 1. The molecule has 20 heavy (non-hydrogen) atoms. The van der Waals surface area contributed by atoms with Gasteiger partial charge in [0.2, 0.25) is 5.91 Å². The second kappa shape index (κ2) is 8.24. The SMILES string of the molecule is COCCC(C)(O)CNC(=O)CSc1ccccc1F. The number of aliphatic hydroxyl groups is 1. The number of hydrogen-bond acceptors (Lipinski definition) is 4. The Hall–Kier alpha value is -1.11. The van der Waals surface area contributed by atoms with Gasteiger partial charge in [0.25, 0.3) is 0 Å². The standard InChI is InChI=1S/C14H20FNO3S/c1-14(18,7-8-19-2)10-16-13(17)9-20-12-6-4-3-5-11(12)15/h3-6,18H,7-10H2,1-2H3,(H,16,17). The summed E-state index contributed by atoms with van der Waals surface area (Å²) in [7, 11) is 1.56. The van der Waals surface area contributed by atoms with Crippen LogP contribution in [-0.2, 0) is 9.53 Å². The van der Waals surface area contributed by atoms with Crippen molar-refractivity contribution >= 4 is 17.7 Å². The van der Waals surface area contributed by atoms with E-state index in [4.69, 9.17) is 4.74 Å². The van der Waals surface area contributed by atoms with Crippen LogP contribution in [0.5, 0.6) is 0 Å². The molecule has 1 aromatic carbocycles. The number of amides is 1. The van der Waals surface area contributed by atoms with Crippen molar-refractivity contribution in [2.24, 2.45) is 0 Å². The number of halogens is 1. The highest BCUT2D eigenvalue weighted by Gasteiger charge is 2.20. The van der Waals surface area contributed by atoms with Crippen LogP contribution in [0.3, 0.4) is 0 Å². The number of rotatable bonds is 8. The summed E-state index contributed by atoms with van der Waals surface area (Å²) in [5.41, 5.74) is -1.01. The van der Waals surface area contributed by atoms with Gasteiger partial charge < -0.3 is 15.2 Å². The highest BCUT2D eigenvalue weighted by Crippen LogP contribution is 2.20. The maximum absolute atomic E-state index is 13.3. The van der Waals surface area contributed by atoms with E-state index in [1.807, 2.05) is 0 Å². The van der Waals surface area contributed by atoms with Gasteiger partial charge in [0, 0.05) is 31.6 Å². The van der Waals surface area contributed by atoms with Crippen LogP contribution in [-0.4, -0.2) is 42.6 Å². The van der Waals surface area contributed by atoms with E-state index in [9.17, 15) is 14.3 Å². The van der Waals surface area contributed by atoms with Gasteiger partial charge in [-0.25, -0.2) is 4.39 Å². The van der Waals surface area contributed by atoms with Gasteiger partial charge in [-0.1, -0.05) is 12.1 Å². The fourth-order valence-corrected chi connectivity index (χ4v) is 2.22. The monoisotopic (exact) mass is 301 g/mol. The molecule has 6 heteroatoms. The van der Waals surface area contributed by atoms with E-state index in [1.54, 1.807) is 32.2 Å². The third-order valence-corrected chi connectivity index (χ3v) is 3.76. The van der Waals surface area contributed by atoms with Crippen molar-refractivity contribution in [3.63, 3.8) is 0 Å². The van der Waals surface area contributed by atoms with E-state index in [0.29, 0.717) is 17.9 Å². The maximum atomic E-state index is 13.3. The fourth-order valence-electron chi connectivity index (χ4n) is 1.46. The van der Waals surface area contributed by atoms with Crippen molar-refractivity contribution in [2.45, 2.75) is 23.8 Å². The van der Waals surface area contributed by atoms with Crippen LogP contribution < -0.4 is 5.32 Å². The van der Waals surface area contributed by atoms with Crippen molar-refractivity contribution in [3.05, 3.63) is 30.1 Å². The summed E-state index contributed by atoms with van der Waals surface area (Å²) in [6.45, 7) is 2.20. The number of carbonyl (C=O) groups is 1. The molecule has 0 aliphatic carbocycles. The molecule has 1 atom stereocenters. The van der Waals surface area contributed by atoms with Crippen molar-refractivity contribution < 1.29 is 19.0 Å². The van der Waals surface area contributed by atoms with Crippen LogP contribution >= 0.6 is 11.8 Å². The van der Waals surface area contributed by atoms with Crippen molar-refractivity contribution in [3.8, 4) is 0 Å². The normalized spacial score (nSPS) is 13.8. The number of hydrogen-bond donors (Lipinski definition) is 2. The molecule has 0 fully saturated rings. The molecule has 112 valence electrons. The number of benzene rings is 1. The Kier molecular flexibility index (Phi) is 6.98. The first kappa shape index (κ1) is 16.9. The lowest BCUT2D eigenvalue weighted by Crippen LogP contribution is -2.42. The summed E-state index contributed by atoms with van der Waals surface area (Å²) in [5.74, 6) is -0.463. The number of ether oxygens (including phenoxy) is 1. The van der Waals surface area contributed by atoms with Crippen LogP contribution in [0.1, 0.15) is 13.3 Å². The molecule has 0 aliphatic rings. The minimum Gasteiger partial charge on any atom is -0.388 e. The van der Waals surface area contributed by atoms with Crippen LogP contribution in [0.2, 0.25) is 0 Å². The lowest BCUT2D eigenvalue weighted by Gasteiger charge is -2.23. The van der Waals surface area contributed by atoms with Gasteiger partial charge in [-0.15, -0.1) is 11.8 Å². The van der Waals surface area contributed by atoms with Gasteiger partial charge >= 0.3 is 0 Å². The van der Waals surface area contributed by atoms with Crippen molar-refractivity contribution in [2.75, 3.05) is 26.0 Å². The van der Waals surface area contributed by atoms with Gasteiger partial charge in [0.15, 0.2) is 0 Å². The predicted octanol–water partition coefficient (Wildman–Crippen LogP) is 1.82. The topological polar surface area (TPSA) is 58.6 Å². The van der Waals surface area contributed by atoms with E-state index >= 15 is 0 Å². The van der Waals surface area contributed by atoms with Gasteiger partial charge in [-0.05, 0) is 19.1 Å². The zero-order chi connectivity index (χ0) is 15.0. The second-order valence-corrected chi connectivity index (χ2v) is 5.75. The first-order valence-electron chi connectivity index (χ1n) is 6.30. The highest BCUT2D eigenvalue weighted by molar-refractivity contribution is 8.00. The Morgan fingerprint density at radius 1 is 1.50 bits per heavy atom. The van der Waals surface area contributed by atoms with Crippen molar-refractivity contribution in [1.29, 1.82) is 0 Å². The lowest BCUT2D eigenvalue weighted by molar-refractivity contribution is -0.119. The highest BCUT2D eigenvalue weighted by atomic mass is 32.2. The van der Waals surface area contributed by atoms with Crippen LogP contribution in [0, 0.1) is 5.82 Å². The Balaban J connectivity index is 2.32. The Bertz CT molecular complexity index is 440. The maximum Gasteiger partial charge on any atom is 0.230 e. The summed E-state index contributed by atoms with van der Waals surface area (Å²) in [6, 6.07) is 6.31. The molecule has 2 N–H and O–H groups in total. The van der Waals surface area contributed by atoms with E-state index in [0.717, 1.165) is 11.8 Å². The molecule has 0 saturated carbocycles. The summed E-state index contributed by atoms with van der Waals surface area (Å²) in [5, 5.41) is 12.6. The number of methoxy groups -OCH3 is 1. The average Bonchev–Trinajstić information content (AvgIpc) is 2.42. The van der Waals surface area contributed by atoms with E-state index in [1.165, 1.54) is 6.07 Å². The lowest BCUT2D eigenvalue weighted by atomic mass is 10.0. The molecule has 0 aromatic heterocycles. The second-order valence-electron chi connectivity index (χ2n) is 4.74. The fraction of sp³-hybridized carbons (Fsp3) is 0.500. The first-order chi connectivity index (χ1) is 9.44. The summed E-state index contributed by atoms with van der Waals surface area (Å²) in [4.78, 5) is 12.1. The Labute approximate surface area is 122 Å². The number of nitrogens with one attached hydrogen (secondary N) is 1. The predicted molar refractivity (Wildman–Crippen MR) is 77.3 cm³/mol. The molecule has 1 rings (SSSR count). The van der Waals surface area contributed by atoms with E-state index in [2.05, 4.69) is 5.32 Å². The van der Waals surface area contributed by atoms with Crippen molar-refractivity contribution in [1.82, 2.24) is 5.32 Å². The molecule has 0 heterocycles. The molecular formula is C14H20FNO3S. The third kappa shape index (κ3) is 6.36. The zero-order valence-electron chi connectivity index (χ0n) is 11.7. The number of carbonyl (C=O) groups excluding carboxylic acids is 1. The van der Waals surface area contributed by atoms with Crippen LogP contribution in [0.25, 0.3) is 0 Å². The molecular weight excluding hydrogens is 281 g/mol. The molecule has 1 aromatic rings. The molecule has 1 unspecified atom stereocenters. The quantitative estimate of drug-likeness (QED) is 0.719. The van der Waals surface area contributed by atoms with Crippen LogP contribution in [0.4, 0.5) is 4.39 Å². The Morgan fingerprint density at radius 2 is 2.20 bits per heavy atom. The smallest absolute Gasteiger partial charge is 0.230 e. The largest absolute Gasteiger partial charge is 0.388 e. The van der Waals surface area contributed by atoms with E-state index in [-0.39, 0.29) is 24.0 Å². The van der Waals surface area contributed by atoms with Gasteiger partial charge in [0.1, 0.15) is 5.82 Å². The first-order valence-corrected chi connectivity index (χ1v) is 7.28. The molecule has 4 nitrogen and oxygen atoms in total. The summed E-state index contributed by atoms with van der Waals surface area (Å²) < 4.78 is 18.2. The third-order valence-electron chi connectivity index (χ3n) is 2.71. The Morgan fingerprint density at radius 3 is 2.85 bits per heavy atom. The van der Waals surface area contributed by atoms with Gasteiger partial charge in [-0.3, -0.25) is 4.79 Å². The molecule has 0 aliphatic heterocycles. The molecule has 0 spiro atoms. The van der Waals surface area contributed by atoms with Crippen LogP contribution in [0.15, 0.2) is 29.2 Å². The minimum atomic E-state index is -1.01. The summed E-state index contributed by atoms with van der Waals surface area (Å²) in [6.07, 6.45) is 0.435. The minimum absolute atomic E-state index is 0.112. The molecule has 0 bridgehead atoms. The van der Waals surface area contributed by atoms with Gasteiger partial charge in [0.05, 0.1) is 11.4 Å². The summed E-state index contributed by atoms with van der Waals surface area (Å²) >= 11 is 1.13.